The van der Waals surface area contributed by atoms with Crippen molar-refractivity contribution in [3.05, 3.63) is 18.3 Å². The first kappa shape index (κ1) is 21.9. The number of hydrogen-bond acceptors (Lipinski definition) is 5. The Balaban J connectivity index is 0.00000242. The number of piperidine rings is 1. The fourth-order valence-electron chi connectivity index (χ4n) is 2.46. The van der Waals surface area contributed by atoms with Crippen molar-refractivity contribution in [1.82, 2.24) is 4.98 Å². The maximum absolute atomic E-state index is 11.8. The first-order valence-electron chi connectivity index (χ1n) is 7.46. The molecule has 0 aliphatic carbocycles. The van der Waals surface area contributed by atoms with Gasteiger partial charge in [0.2, 0.25) is 5.91 Å². The molecule has 0 radical (unpaired) electrons. The van der Waals surface area contributed by atoms with Gasteiger partial charge >= 0.3 is 0 Å². The molecule has 2 rings (SSSR count). The number of amides is 1. The molecule has 1 saturated heterocycles. The second-order valence-corrected chi connectivity index (χ2v) is 5.30. The maximum Gasteiger partial charge on any atom is 0.228 e. The minimum absolute atomic E-state index is 0. The summed E-state index contributed by atoms with van der Waals surface area (Å²) in [6.45, 7) is 2.49. The summed E-state index contributed by atoms with van der Waals surface area (Å²) in [6.07, 6.45) is 5.57. The van der Waals surface area contributed by atoms with Crippen molar-refractivity contribution >= 4 is 42.2 Å². The lowest BCUT2D eigenvalue weighted by Crippen LogP contribution is -2.29. The van der Waals surface area contributed by atoms with Crippen LogP contribution in [0.25, 0.3) is 0 Å². The Morgan fingerprint density at radius 2 is 2.04 bits per heavy atom. The van der Waals surface area contributed by atoms with E-state index in [1.807, 2.05) is 18.3 Å². The lowest BCUT2D eigenvalue weighted by molar-refractivity contribution is -0.118. The minimum Gasteiger partial charge on any atom is -0.380 e. The van der Waals surface area contributed by atoms with Gasteiger partial charge in [-0.25, -0.2) is 4.98 Å². The number of pyridine rings is 1. The summed E-state index contributed by atoms with van der Waals surface area (Å²) in [7, 11) is 1.55. The third kappa shape index (κ3) is 6.91. The highest BCUT2D eigenvalue weighted by molar-refractivity contribution is 5.90. The van der Waals surface area contributed by atoms with Crippen LogP contribution in [0.15, 0.2) is 18.3 Å². The number of methoxy groups -OCH3 is 1. The molecule has 1 amide bonds. The predicted octanol–water partition coefficient (Wildman–Crippen LogP) is 2.22. The number of carbonyl (C=O) groups excluding carboxylic acids is 1. The van der Waals surface area contributed by atoms with Crippen LogP contribution in [0.2, 0.25) is 0 Å². The van der Waals surface area contributed by atoms with Gasteiger partial charge in [-0.1, -0.05) is 0 Å². The molecule has 6 nitrogen and oxygen atoms in total. The van der Waals surface area contributed by atoms with Crippen molar-refractivity contribution in [3.63, 3.8) is 0 Å². The van der Waals surface area contributed by atoms with E-state index < -0.39 is 0 Å². The van der Waals surface area contributed by atoms with Crippen LogP contribution in [0.4, 0.5) is 11.5 Å². The monoisotopic (exact) mass is 364 g/mol. The zero-order valence-electron chi connectivity index (χ0n) is 13.4. The summed E-state index contributed by atoms with van der Waals surface area (Å²) < 4.78 is 5.09. The first-order chi connectivity index (χ1) is 10.2. The number of anilines is 2. The van der Waals surface area contributed by atoms with Gasteiger partial charge in [0.1, 0.15) is 5.82 Å². The van der Waals surface area contributed by atoms with Crippen LogP contribution < -0.4 is 16.0 Å². The molecule has 0 aromatic carbocycles. The summed E-state index contributed by atoms with van der Waals surface area (Å²) in [5, 5.41) is 2.77. The molecular formula is C15H26Cl2N4O2. The van der Waals surface area contributed by atoms with Crippen molar-refractivity contribution < 1.29 is 9.53 Å². The van der Waals surface area contributed by atoms with Crippen LogP contribution in [0.5, 0.6) is 0 Å². The van der Waals surface area contributed by atoms with Gasteiger partial charge in [-0.3, -0.25) is 4.79 Å². The predicted molar refractivity (Wildman–Crippen MR) is 97.9 cm³/mol. The molecule has 1 unspecified atom stereocenters. The van der Waals surface area contributed by atoms with E-state index in [9.17, 15) is 4.79 Å². The summed E-state index contributed by atoms with van der Waals surface area (Å²) in [6, 6.07) is 3.84. The van der Waals surface area contributed by atoms with Crippen LogP contribution in [0.1, 0.15) is 25.7 Å². The topological polar surface area (TPSA) is 80.5 Å². The van der Waals surface area contributed by atoms with Crippen LogP contribution in [0.3, 0.4) is 0 Å². The molecule has 1 aliphatic rings. The average Bonchev–Trinajstić information content (AvgIpc) is 2.54. The quantitative estimate of drug-likeness (QED) is 0.808. The molecule has 0 saturated carbocycles. The fraction of sp³-hybridized carbons (Fsp3) is 0.600. The highest BCUT2D eigenvalue weighted by Crippen LogP contribution is 2.20. The van der Waals surface area contributed by atoms with Crippen LogP contribution in [-0.2, 0) is 9.53 Å². The van der Waals surface area contributed by atoms with Crippen LogP contribution in [-0.4, -0.2) is 43.7 Å². The van der Waals surface area contributed by atoms with E-state index in [2.05, 4.69) is 15.2 Å². The van der Waals surface area contributed by atoms with Gasteiger partial charge in [-0.2, -0.15) is 0 Å². The number of nitrogens with one attached hydrogen (secondary N) is 1. The Morgan fingerprint density at radius 3 is 2.57 bits per heavy atom. The molecule has 132 valence electrons. The average molecular weight is 365 g/mol. The SMILES string of the molecule is COC(CN)CC(=O)Nc1ccc(N2CCCCC2)cn1.Cl.Cl. The Morgan fingerprint density at radius 1 is 1.35 bits per heavy atom. The van der Waals surface area contributed by atoms with Crippen molar-refractivity contribution in [2.24, 2.45) is 5.73 Å². The van der Waals surface area contributed by atoms with Gasteiger partial charge in [-0.15, -0.1) is 24.8 Å². The lowest BCUT2D eigenvalue weighted by Gasteiger charge is -2.28. The van der Waals surface area contributed by atoms with Crippen molar-refractivity contribution in [1.29, 1.82) is 0 Å². The normalized spacial score (nSPS) is 15.1. The van der Waals surface area contributed by atoms with Crippen molar-refractivity contribution in [2.75, 3.05) is 37.0 Å². The molecule has 0 bridgehead atoms. The maximum atomic E-state index is 11.8. The van der Waals surface area contributed by atoms with Gasteiger partial charge < -0.3 is 20.7 Å². The fourth-order valence-corrected chi connectivity index (χ4v) is 2.46. The number of rotatable bonds is 6. The third-order valence-corrected chi connectivity index (χ3v) is 3.75. The summed E-state index contributed by atoms with van der Waals surface area (Å²) in [5.41, 5.74) is 6.62. The zero-order chi connectivity index (χ0) is 15.1. The molecule has 2 heterocycles. The second kappa shape index (κ2) is 11.5. The van der Waals surface area contributed by atoms with Crippen molar-refractivity contribution in [3.8, 4) is 0 Å². The third-order valence-electron chi connectivity index (χ3n) is 3.75. The molecule has 1 aliphatic heterocycles. The summed E-state index contributed by atoms with van der Waals surface area (Å²) in [5.74, 6) is 0.429. The van der Waals surface area contributed by atoms with Crippen molar-refractivity contribution in [2.45, 2.75) is 31.8 Å². The van der Waals surface area contributed by atoms with E-state index in [0.29, 0.717) is 12.4 Å². The smallest absolute Gasteiger partial charge is 0.228 e. The first-order valence-corrected chi connectivity index (χ1v) is 7.46. The molecule has 1 fully saturated rings. The second-order valence-electron chi connectivity index (χ2n) is 5.30. The van der Waals surface area contributed by atoms with Crippen LogP contribution in [0, 0.1) is 0 Å². The lowest BCUT2D eigenvalue weighted by atomic mass is 10.1. The number of hydrogen-bond donors (Lipinski definition) is 2. The Kier molecular flexibility index (Phi) is 10.9. The largest absolute Gasteiger partial charge is 0.380 e. The number of aromatic nitrogens is 1. The molecule has 1 aromatic heterocycles. The zero-order valence-corrected chi connectivity index (χ0v) is 15.0. The minimum atomic E-state index is -0.252. The summed E-state index contributed by atoms with van der Waals surface area (Å²) in [4.78, 5) is 18.5. The standard InChI is InChI=1S/C15H24N4O2.2ClH/c1-21-13(10-16)9-15(20)18-14-6-5-12(11-17-14)19-7-3-2-4-8-19;;/h5-6,11,13H,2-4,7-10,16H2,1H3,(H,17,18,20);2*1H. The molecule has 0 spiro atoms. The van der Waals surface area contributed by atoms with E-state index in [0.717, 1.165) is 18.8 Å². The van der Waals surface area contributed by atoms with Crippen LogP contribution >= 0.6 is 24.8 Å². The van der Waals surface area contributed by atoms with Gasteiger partial charge in [-0.05, 0) is 31.4 Å². The van der Waals surface area contributed by atoms with Gasteiger partial charge in [0, 0.05) is 26.7 Å². The highest BCUT2D eigenvalue weighted by Gasteiger charge is 2.13. The highest BCUT2D eigenvalue weighted by atomic mass is 35.5. The molecule has 23 heavy (non-hydrogen) atoms. The number of carbonyl (C=O) groups is 1. The summed E-state index contributed by atoms with van der Waals surface area (Å²) >= 11 is 0. The Labute approximate surface area is 150 Å². The Hall–Kier alpha value is -1.08. The number of ether oxygens (including phenoxy) is 1. The van der Waals surface area contributed by atoms with E-state index in [-0.39, 0.29) is 43.2 Å². The Bertz CT molecular complexity index is 449. The van der Waals surface area contributed by atoms with Gasteiger partial charge in [0.05, 0.1) is 24.4 Å². The molecule has 1 aromatic rings. The molecule has 3 N–H and O–H groups in total. The number of nitrogens with zero attached hydrogens (tertiary/aromatic N) is 2. The van der Waals surface area contributed by atoms with E-state index in [1.54, 1.807) is 7.11 Å². The number of nitrogens with two attached hydrogens (primary N) is 1. The number of halogens is 2. The van der Waals surface area contributed by atoms with E-state index in [4.69, 9.17) is 10.5 Å². The van der Waals surface area contributed by atoms with Gasteiger partial charge in [0.15, 0.2) is 0 Å². The van der Waals surface area contributed by atoms with E-state index >= 15 is 0 Å². The van der Waals surface area contributed by atoms with Gasteiger partial charge in [0.25, 0.3) is 0 Å². The molecular weight excluding hydrogens is 339 g/mol. The molecule has 1 atom stereocenters. The molecule has 8 heteroatoms. The van der Waals surface area contributed by atoms with E-state index in [1.165, 1.54) is 19.3 Å².